The number of aromatic nitrogens is 3. The Kier molecular flexibility index (Phi) is 7.40. The van der Waals surface area contributed by atoms with Crippen LogP contribution < -0.4 is 4.90 Å². The number of nitrogens with zero attached hydrogens (tertiary/aromatic N) is 6. The van der Waals surface area contributed by atoms with Crippen LogP contribution in [-0.4, -0.2) is 88.3 Å². The lowest BCUT2D eigenvalue weighted by Gasteiger charge is -2.32. The Balaban J connectivity index is 1.34. The minimum atomic E-state index is -0.00823. The maximum Gasteiger partial charge on any atom is 0.240 e. The number of carbonyl (C=O) groups is 1. The maximum atomic E-state index is 13.0. The molecule has 2 aromatic heterocycles. The summed E-state index contributed by atoms with van der Waals surface area (Å²) in [5.74, 6) is 0.0391. The molecule has 6 rings (SSSR count). The molecule has 1 amide bonds. The molecule has 5 aromatic rings. The summed E-state index contributed by atoms with van der Waals surface area (Å²) in [5, 5.41) is 12.4. The lowest BCUT2D eigenvalue weighted by atomic mass is 10.00. The summed E-state index contributed by atoms with van der Waals surface area (Å²) in [7, 11) is 3.90. The zero-order chi connectivity index (χ0) is 28.5. The quantitative estimate of drug-likeness (QED) is 0.285. The van der Waals surface area contributed by atoms with Gasteiger partial charge >= 0.3 is 0 Å². The molecule has 0 bridgehead atoms. The van der Waals surface area contributed by atoms with Crippen LogP contribution in [0.25, 0.3) is 21.9 Å². The first-order valence-electron chi connectivity index (χ1n) is 13.4. The van der Waals surface area contributed by atoms with Crippen LogP contribution in [-0.2, 0) is 4.79 Å². The fourth-order valence-corrected chi connectivity index (χ4v) is 5.27. The molecule has 41 heavy (non-hydrogen) atoms. The van der Waals surface area contributed by atoms with Crippen molar-refractivity contribution in [3.63, 3.8) is 0 Å². The van der Waals surface area contributed by atoms with Crippen LogP contribution in [0.5, 0.6) is 5.88 Å². The van der Waals surface area contributed by atoms with Crippen molar-refractivity contribution in [3.8, 4) is 5.88 Å². The van der Waals surface area contributed by atoms with E-state index in [9.17, 15) is 9.90 Å². The Morgan fingerprint density at radius 1 is 1.00 bits per heavy atom. The number of hydrogen-bond donors (Lipinski definition) is 2. The number of carbonyl (C=O) groups excluding carboxylic acids is 1. The maximum absolute atomic E-state index is 13.0. The number of nitrogens with one attached hydrogen (secondary N) is 1. The van der Waals surface area contributed by atoms with Gasteiger partial charge in [-0.2, -0.15) is 0 Å². The first kappa shape index (κ1) is 26.9. The van der Waals surface area contributed by atoms with Crippen molar-refractivity contribution in [1.82, 2.24) is 24.8 Å². The third-order valence-electron chi connectivity index (χ3n) is 7.53. The number of aliphatic imine (C=N–C) groups is 1. The number of anilines is 1. The number of rotatable bonds is 6. The van der Waals surface area contributed by atoms with Gasteiger partial charge in [-0.25, -0.2) is 4.99 Å². The zero-order valence-corrected chi connectivity index (χ0v) is 23.6. The van der Waals surface area contributed by atoms with E-state index in [-0.39, 0.29) is 11.8 Å². The lowest BCUT2D eigenvalue weighted by Crippen LogP contribution is -2.48. The summed E-state index contributed by atoms with van der Waals surface area (Å²) >= 11 is 6.22. The van der Waals surface area contributed by atoms with Crippen molar-refractivity contribution in [1.29, 1.82) is 0 Å². The molecule has 0 radical (unpaired) electrons. The molecule has 9 nitrogen and oxygen atoms in total. The minimum absolute atomic E-state index is 0.00823. The Morgan fingerprint density at radius 3 is 2.49 bits per heavy atom. The number of benzene rings is 3. The van der Waals surface area contributed by atoms with Gasteiger partial charge in [-0.05, 0) is 55.6 Å². The van der Waals surface area contributed by atoms with E-state index in [2.05, 4.69) is 31.8 Å². The third-order valence-corrected chi connectivity index (χ3v) is 7.76. The average molecular weight is 568 g/mol. The van der Waals surface area contributed by atoms with Gasteiger partial charge in [-0.15, -0.1) is 0 Å². The van der Waals surface area contributed by atoms with Gasteiger partial charge < -0.3 is 19.9 Å². The van der Waals surface area contributed by atoms with E-state index in [0.29, 0.717) is 34.0 Å². The lowest BCUT2D eigenvalue weighted by molar-refractivity contribution is -0.119. The van der Waals surface area contributed by atoms with Gasteiger partial charge in [0.25, 0.3) is 0 Å². The second kappa shape index (κ2) is 11.3. The summed E-state index contributed by atoms with van der Waals surface area (Å²) in [6.45, 7) is 4.10. The third kappa shape index (κ3) is 5.65. The van der Waals surface area contributed by atoms with E-state index in [1.807, 2.05) is 48.5 Å². The Labute approximate surface area is 242 Å². The predicted octanol–water partition coefficient (Wildman–Crippen LogP) is 4.85. The molecule has 0 spiro atoms. The smallest absolute Gasteiger partial charge is 0.240 e. The largest absolute Gasteiger partial charge is 0.494 e. The van der Waals surface area contributed by atoms with Gasteiger partial charge in [0.2, 0.25) is 5.91 Å². The number of H-pyrrole nitrogens is 1. The molecule has 1 saturated heterocycles. The van der Waals surface area contributed by atoms with Gasteiger partial charge in [0.1, 0.15) is 0 Å². The van der Waals surface area contributed by atoms with Crippen molar-refractivity contribution in [2.24, 2.45) is 4.99 Å². The number of piperazine rings is 1. The van der Waals surface area contributed by atoms with Gasteiger partial charge in [0, 0.05) is 67.3 Å². The van der Waals surface area contributed by atoms with E-state index in [0.717, 1.165) is 53.8 Å². The van der Waals surface area contributed by atoms with Gasteiger partial charge in [0.15, 0.2) is 5.88 Å². The van der Waals surface area contributed by atoms with Crippen molar-refractivity contribution >= 4 is 56.5 Å². The van der Waals surface area contributed by atoms with Crippen LogP contribution in [0.2, 0.25) is 5.02 Å². The number of likely N-dealkylation sites (N-methyl/N-ethyl adjacent to an activating group) is 2. The zero-order valence-electron chi connectivity index (χ0n) is 22.9. The highest BCUT2D eigenvalue weighted by Gasteiger charge is 2.21. The number of halogens is 1. The van der Waals surface area contributed by atoms with E-state index in [1.165, 1.54) is 0 Å². The highest BCUT2D eigenvalue weighted by atomic mass is 35.5. The average Bonchev–Trinajstić information content (AvgIpc) is 3.31. The molecule has 1 fully saturated rings. The summed E-state index contributed by atoms with van der Waals surface area (Å²) in [4.78, 5) is 36.0. The molecule has 0 aliphatic carbocycles. The topological polar surface area (TPSA) is 101 Å². The van der Waals surface area contributed by atoms with Crippen molar-refractivity contribution < 1.29 is 9.90 Å². The molecular weight excluding hydrogens is 538 g/mol. The molecule has 10 heteroatoms. The molecule has 3 aromatic carbocycles. The van der Waals surface area contributed by atoms with Crippen LogP contribution in [0.15, 0.2) is 78.0 Å². The Morgan fingerprint density at radius 2 is 1.73 bits per heavy atom. The summed E-state index contributed by atoms with van der Waals surface area (Å²) in [6.07, 6.45) is 3.30. The van der Waals surface area contributed by atoms with Crippen LogP contribution in [0.1, 0.15) is 11.1 Å². The molecule has 3 heterocycles. The molecule has 0 unspecified atom stereocenters. The summed E-state index contributed by atoms with van der Waals surface area (Å²) in [6, 6.07) is 18.7. The molecular formula is C31H30ClN7O2. The predicted molar refractivity (Wildman–Crippen MR) is 164 cm³/mol. The fraction of sp³-hybridized carbons (Fsp3) is 0.226. The van der Waals surface area contributed by atoms with Gasteiger partial charge in [-0.3, -0.25) is 19.7 Å². The van der Waals surface area contributed by atoms with Crippen molar-refractivity contribution in [2.45, 2.75) is 0 Å². The standard InChI is InChI=1S/C31H30ClN7O2/c1-37-13-15-39(16-14-37)19-28(40)38(2)23-7-5-22(6-8-23)35-30(20-3-10-25-27(17-20)34-12-11-33-25)29-24-9-4-21(32)18-26(24)36-31(29)41/h3-12,17-18,36,41H,13-16,19H2,1-2H3. The van der Waals surface area contributed by atoms with Gasteiger partial charge in [-0.1, -0.05) is 23.7 Å². The summed E-state index contributed by atoms with van der Waals surface area (Å²) < 4.78 is 0. The van der Waals surface area contributed by atoms with E-state index in [1.54, 1.807) is 36.5 Å². The normalized spacial score (nSPS) is 15.0. The van der Waals surface area contributed by atoms with Crippen LogP contribution in [0.4, 0.5) is 11.4 Å². The molecule has 1 aliphatic heterocycles. The van der Waals surface area contributed by atoms with E-state index in [4.69, 9.17) is 16.6 Å². The highest BCUT2D eigenvalue weighted by molar-refractivity contribution is 6.31. The van der Waals surface area contributed by atoms with E-state index >= 15 is 0 Å². The van der Waals surface area contributed by atoms with Crippen LogP contribution >= 0.6 is 11.6 Å². The second-order valence-corrected chi connectivity index (χ2v) is 10.7. The number of aromatic amines is 1. The Hall–Kier alpha value is -4.31. The molecule has 0 atom stereocenters. The molecule has 208 valence electrons. The van der Waals surface area contributed by atoms with Crippen LogP contribution in [0.3, 0.4) is 0 Å². The molecule has 0 saturated carbocycles. The van der Waals surface area contributed by atoms with E-state index < -0.39 is 0 Å². The first-order valence-corrected chi connectivity index (χ1v) is 13.8. The number of hydrogen-bond acceptors (Lipinski definition) is 7. The monoisotopic (exact) mass is 567 g/mol. The minimum Gasteiger partial charge on any atom is -0.494 e. The highest BCUT2D eigenvalue weighted by Crippen LogP contribution is 2.33. The summed E-state index contributed by atoms with van der Waals surface area (Å²) in [5.41, 5.74) is 5.54. The van der Waals surface area contributed by atoms with Crippen molar-refractivity contribution in [3.05, 3.63) is 89.2 Å². The first-order chi connectivity index (χ1) is 19.9. The Bertz CT molecular complexity index is 1760. The van der Waals surface area contributed by atoms with Crippen molar-refractivity contribution in [2.75, 3.05) is 51.7 Å². The number of amides is 1. The van der Waals surface area contributed by atoms with Gasteiger partial charge in [0.05, 0.1) is 40.1 Å². The number of fused-ring (bicyclic) bond motifs is 2. The second-order valence-electron chi connectivity index (χ2n) is 10.3. The number of aromatic hydroxyl groups is 1. The SMILES string of the molecule is CN1CCN(CC(=O)N(C)c2ccc(N=C(c3ccc4nccnc4c3)c3c(O)[nH]c4cc(Cl)ccc34)cc2)CC1. The fourth-order valence-electron chi connectivity index (χ4n) is 5.10. The molecule has 2 N–H and O–H groups in total. The molecule has 1 aliphatic rings. The van der Waals surface area contributed by atoms with Crippen LogP contribution in [0, 0.1) is 0 Å².